The number of nitro groups is 1. The summed E-state index contributed by atoms with van der Waals surface area (Å²) in [5.41, 5.74) is -2.79. The van der Waals surface area contributed by atoms with E-state index in [9.17, 15) is 24.4 Å². The van der Waals surface area contributed by atoms with Gasteiger partial charge in [-0.1, -0.05) is 20.8 Å². The summed E-state index contributed by atoms with van der Waals surface area (Å²) in [6.45, 7) is 4.86. The molecule has 1 aromatic rings. The van der Waals surface area contributed by atoms with Gasteiger partial charge in [0.15, 0.2) is 0 Å². The van der Waals surface area contributed by atoms with Crippen LogP contribution in [0, 0.1) is 15.9 Å². The van der Waals surface area contributed by atoms with E-state index in [1.807, 2.05) is 0 Å². The van der Waals surface area contributed by atoms with E-state index in [1.165, 1.54) is 0 Å². The number of halogens is 1. The smallest absolute Gasteiger partial charge is 0.342 e. The van der Waals surface area contributed by atoms with Crippen molar-refractivity contribution in [2.24, 2.45) is 0 Å². The Morgan fingerprint density at radius 1 is 1.44 bits per heavy atom. The van der Waals surface area contributed by atoms with Gasteiger partial charge in [-0.05, 0) is 5.41 Å². The van der Waals surface area contributed by atoms with Gasteiger partial charge in [-0.2, -0.15) is 4.39 Å². The van der Waals surface area contributed by atoms with Crippen LogP contribution in [0.4, 0.5) is 10.1 Å². The van der Waals surface area contributed by atoms with E-state index in [0.29, 0.717) is 0 Å². The zero-order chi connectivity index (χ0) is 14.2. The first-order chi connectivity index (χ1) is 8.07. The van der Waals surface area contributed by atoms with Crippen LogP contribution >= 0.6 is 0 Å². The third kappa shape index (κ3) is 2.24. The average Bonchev–Trinajstić information content (AvgIpc) is 2.13. The summed E-state index contributed by atoms with van der Waals surface area (Å²) in [6, 6.07) is 0.858. The summed E-state index contributed by atoms with van der Waals surface area (Å²) in [5.74, 6) is -4.07. The van der Waals surface area contributed by atoms with Gasteiger partial charge < -0.3 is 10.2 Å². The minimum absolute atomic E-state index is 0.00741. The number of hydrogen-bond acceptors (Lipinski definition) is 4. The molecule has 7 heteroatoms. The largest absolute Gasteiger partial charge is 0.507 e. The summed E-state index contributed by atoms with van der Waals surface area (Å²) in [7, 11) is 0. The van der Waals surface area contributed by atoms with Crippen LogP contribution in [0.25, 0.3) is 0 Å². The lowest BCUT2D eigenvalue weighted by molar-refractivity contribution is -0.387. The topological polar surface area (TPSA) is 101 Å². The fourth-order valence-electron chi connectivity index (χ4n) is 1.53. The predicted molar refractivity (Wildman–Crippen MR) is 60.4 cm³/mol. The lowest BCUT2D eigenvalue weighted by atomic mass is 9.84. The third-order valence-corrected chi connectivity index (χ3v) is 2.44. The number of nitrogens with zero attached hydrogens (tertiary/aromatic N) is 1. The molecule has 1 rings (SSSR count). The van der Waals surface area contributed by atoms with E-state index in [-0.39, 0.29) is 5.56 Å². The summed E-state index contributed by atoms with van der Waals surface area (Å²) < 4.78 is 13.6. The molecule has 0 aliphatic heterocycles. The molecule has 0 saturated carbocycles. The molecular weight excluding hydrogens is 245 g/mol. The van der Waals surface area contributed by atoms with Gasteiger partial charge >= 0.3 is 11.7 Å². The first-order valence-corrected chi connectivity index (χ1v) is 5.01. The van der Waals surface area contributed by atoms with Gasteiger partial charge in [-0.15, -0.1) is 0 Å². The van der Waals surface area contributed by atoms with Crippen molar-refractivity contribution in [2.45, 2.75) is 26.2 Å². The minimum Gasteiger partial charge on any atom is -0.507 e. The molecule has 0 radical (unpaired) electrons. The number of carboxylic acid groups (broad SMARTS) is 1. The van der Waals surface area contributed by atoms with Gasteiger partial charge in [-0.3, -0.25) is 10.1 Å². The number of aromatic hydroxyl groups is 1. The molecule has 6 nitrogen and oxygen atoms in total. The molecule has 0 aliphatic carbocycles. The van der Waals surface area contributed by atoms with E-state index in [4.69, 9.17) is 5.11 Å². The molecule has 0 amide bonds. The van der Waals surface area contributed by atoms with E-state index in [1.54, 1.807) is 20.8 Å². The Labute approximate surface area is 102 Å². The highest BCUT2D eigenvalue weighted by atomic mass is 19.1. The van der Waals surface area contributed by atoms with Crippen LogP contribution in [-0.4, -0.2) is 21.1 Å². The van der Waals surface area contributed by atoms with Crippen LogP contribution in [0.3, 0.4) is 0 Å². The van der Waals surface area contributed by atoms with Crippen LogP contribution in [0.2, 0.25) is 0 Å². The summed E-state index contributed by atoms with van der Waals surface area (Å²) in [5, 5.41) is 29.2. The van der Waals surface area contributed by atoms with Gasteiger partial charge in [0.25, 0.3) is 0 Å². The van der Waals surface area contributed by atoms with Crippen LogP contribution in [-0.2, 0) is 5.41 Å². The third-order valence-electron chi connectivity index (χ3n) is 2.44. The highest BCUT2D eigenvalue weighted by Gasteiger charge is 2.32. The molecule has 0 unspecified atom stereocenters. The maximum Gasteiger partial charge on any atom is 0.342 e. The Hall–Kier alpha value is -2.18. The van der Waals surface area contributed by atoms with Crippen molar-refractivity contribution in [3.05, 3.63) is 33.1 Å². The molecule has 0 spiro atoms. The van der Waals surface area contributed by atoms with Crippen LogP contribution < -0.4 is 0 Å². The number of phenols is 1. The fourth-order valence-corrected chi connectivity index (χ4v) is 1.53. The molecular formula is C11H12FNO5. The first kappa shape index (κ1) is 13.9. The standard InChI is InChI=1S/C11H12FNO5/c1-11(2,3)5-4-6(13(17)18)8(12)7(9(5)14)10(15)16/h4,14H,1-3H3,(H,15,16). The van der Waals surface area contributed by atoms with Crippen molar-refractivity contribution >= 4 is 11.7 Å². The molecule has 0 heterocycles. The number of carbonyl (C=O) groups is 1. The molecule has 2 N–H and O–H groups in total. The predicted octanol–water partition coefficient (Wildman–Crippen LogP) is 2.44. The Morgan fingerprint density at radius 2 is 1.94 bits per heavy atom. The van der Waals surface area contributed by atoms with Crippen molar-refractivity contribution in [3.63, 3.8) is 0 Å². The molecule has 0 aromatic heterocycles. The number of benzene rings is 1. The normalized spacial score (nSPS) is 11.3. The van der Waals surface area contributed by atoms with Gasteiger partial charge in [0, 0.05) is 11.6 Å². The highest BCUT2D eigenvalue weighted by molar-refractivity contribution is 5.92. The average molecular weight is 257 g/mol. The number of carboxylic acids is 1. The zero-order valence-electron chi connectivity index (χ0n) is 10.0. The molecule has 0 bridgehead atoms. The van der Waals surface area contributed by atoms with Crippen molar-refractivity contribution in [3.8, 4) is 5.75 Å². The van der Waals surface area contributed by atoms with E-state index < -0.39 is 39.1 Å². The maximum absolute atomic E-state index is 13.6. The molecule has 98 valence electrons. The number of nitro benzene ring substituents is 1. The summed E-state index contributed by atoms with van der Waals surface area (Å²) in [6.07, 6.45) is 0. The summed E-state index contributed by atoms with van der Waals surface area (Å²) in [4.78, 5) is 20.5. The van der Waals surface area contributed by atoms with E-state index >= 15 is 0 Å². The second-order valence-electron chi connectivity index (χ2n) is 4.79. The maximum atomic E-state index is 13.6. The Morgan fingerprint density at radius 3 is 2.28 bits per heavy atom. The highest BCUT2D eigenvalue weighted by Crippen LogP contribution is 2.38. The van der Waals surface area contributed by atoms with Crippen molar-refractivity contribution in [1.82, 2.24) is 0 Å². The van der Waals surface area contributed by atoms with Crippen LogP contribution in [0.1, 0.15) is 36.7 Å². The van der Waals surface area contributed by atoms with Crippen LogP contribution in [0.5, 0.6) is 5.75 Å². The number of aromatic carboxylic acids is 1. The van der Waals surface area contributed by atoms with E-state index in [2.05, 4.69) is 0 Å². The number of hydrogen-bond donors (Lipinski definition) is 2. The first-order valence-electron chi connectivity index (χ1n) is 5.01. The zero-order valence-corrected chi connectivity index (χ0v) is 10.0. The SMILES string of the molecule is CC(C)(C)c1cc([N+](=O)[O-])c(F)c(C(=O)O)c1O. The molecule has 0 aliphatic rings. The van der Waals surface area contributed by atoms with Gasteiger partial charge in [0.2, 0.25) is 5.82 Å². The monoisotopic (exact) mass is 257 g/mol. The second-order valence-corrected chi connectivity index (χ2v) is 4.79. The van der Waals surface area contributed by atoms with Crippen molar-refractivity contribution < 1.29 is 24.3 Å². The molecule has 0 saturated heterocycles. The van der Waals surface area contributed by atoms with E-state index in [0.717, 1.165) is 6.07 Å². The molecule has 18 heavy (non-hydrogen) atoms. The fraction of sp³-hybridized carbons (Fsp3) is 0.364. The Bertz CT molecular complexity index is 533. The van der Waals surface area contributed by atoms with Gasteiger partial charge in [-0.25, -0.2) is 4.79 Å². The molecule has 0 atom stereocenters. The molecule has 1 aromatic carbocycles. The van der Waals surface area contributed by atoms with Crippen molar-refractivity contribution in [2.75, 3.05) is 0 Å². The van der Waals surface area contributed by atoms with Crippen molar-refractivity contribution in [1.29, 1.82) is 0 Å². The van der Waals surface area contributed by atoms with Gasteiger partial charge in [0.1, 0.15) is 11.3 Å². The Kier molecular flexibility index (Phi) is 3.27. The summed E-state index contributed by atoms with van der Waals surface area (Å²) >= 11 is 0. The van der Waals surface area contributed by atoms with Crippen LogP contribution in [0.15, 0.2) is 6.07 Å². The lowest BCUT2D eigenvalue weighted by Gasteiger charge is -2.21. The lowest BCUT2D eigenvalue weighted by Crippen LogP contribution is -2.15. The quantitative estimate of drug-likeness (QED) is 0.626. The molecule has 0 fully saturated rings. The Balaban J connectivity index is 3.78. The second kappa shape index (κ2) is 4.25. The minimum atomic E-state index is -1.75. The number of rotatable bonds is 2. The van der Waals surface area contributed by atoms with Gasteiger partial charge in [0.05, 0.1) is 4.92 Å².